The predicted octanol–water partition coefficient (Wildman–Crippen LogP) is 3.04. The number of hydrogen-bond donors (Lipinski definition) is 1. The zero-order chi connectivity index (χ0) is 14.8. The van der Waals surface area contributed by atoms with Crippen molar-refractivity contribution in [1.29, 1.82) is 0 Å². The number of hydrogen-bond acceptors (Lipinski definition) is 2. The molecule has 108 valence electrons. The van der Waals surface area contributed by atoms with E-state index in [1.165, 1.54) is 11.1 Å². The lowest BCUT2D eigenvalue weighted by Gasteiger charge is -2.27. The highest BCUT2D eigenvalue weighted by atomic mass is 16.2. The van der Waals surface area contributed by atoms with E-state index < -0.39 is 0 Å². The lowest BCUT2D eigenvalue weighted by Crippen LogP contribution is -2.35. The van der Waals surface area contributed by atoms with E-state index >= 15 is 0 Å². The van der Waals surface area contributed by atoms with Crippen LogP contribution in [0.5, 0.6) is 0 Å². The maximum Gasteiger partial charge on any atom is 0.235 e. The Hall–Kier alpha value is -2.13. The fourth-order valence-electron chi connectivity index (χ4n) is 2.84. The largest absolute Gasteiger partial charge is 0.330 e. The Bertz CT molecular complexity index is 618. The number of aryl methyl sites for hydroxylation is 2. The van der Waals surface area contributed by atoms with Crippen LogP contribution in [0.25, 0.3) is 0 Å². The molecule has 0 aromatic heterocycles. The summed E-state index contributed by atoms with van der Waals surface area (Å²) in [7, 11) is 0. The van der Waals surface area contributed by atoms with E-state index in [2.05, 4.69) is 12.1 Å². The van der Waals surface area contributed by atoms with Gasteiger partial charge in [0, 0.05) is 12.5 Å². The summed E-state index contributed by atoms with van der Waals surface area (Å²) < 4.78 is 0. The molecule has 0 saturated heterocycles. The zero-order valence-corrected chi connectivity index (χ0v) is 12.3. The summed E-state index contributed by atoms with van der Waals surface area (Å²) in [5.74, 6) is -0.122. The molecule has 0 saturated carbocycles. The van der Waals surface area contributed by atoms with Gasteiger partial charge in [0.05, 0.1) is 11.4 Å². The first kappa shape index (κ1) is 13.8. The van der Waals surface area contributed by atoms with Gasteiger partial charge in [-0.25, -0.2) is 0 Å². The van der Waals surface area contributed by atoms with Crippen molar-refractivity contribution in [3.8, 4) is 0 Å². The van der Waals surface area contributed by atoms with Crippen molar-refractivity contribution >= 4 is 17.3 Å². The summed E-state index contributed by atoms with van der Waals surface area (Å²) in [6.45, 7) is 2.25. The van der Waals surface area contributed by atoms with Crippen molar-refractivity contribution in [2.24, 2.45) is 11.7 Å². The van der Waals surface area contributed by atoms with E-state index in [1.807, 2.05) is 48.2 Å². The highest BCUT2D eigenvalue weighted by Crippen LogP contribution is 2.36. The van der Waals surface area contributed by atoms with Crippen LogP contribution in [0.4, 0.5) is 11.4 Å². The monoisotopic (exact) mass is 280 g/mol. The van der Waals surface area contributed by atoms with Gasteiger partial charge in [0.2, 0.25) is 5.91 Å². The number of amides is 1. The fraction of sp³-hybridized carbons (Fsp3) is 0.278. The molecule has 2 N–H and O–H groups in total. The second kappa shape index (κ2) is 5.70. The molecular weight excluding hydrogens is 260 g/mol. The van der Waals surface area contributed by atoms with Crippen molar-refractivity contribution in [1.82, 2.24) is 0 Å². The summed E-state index contributed by atoms with van der Waals surface area (Å²) in [6, 6.07) is 16.3. The van der Waals surface area contributed by atoms with Crippen molar-refractivity contribution in [2.45, 2.75) is 19.8 Å². The van der Waals surface area contributed by atoms with Crippen LogP contribution in [-0.2, 0) is 17.6 Å². The van der Waals surface area contributed by atoms with Crippen molar-refractivity contribution in [3.63, 3.8) is 0 Å². The average Bonchev–Trinajstić information content (AvgIpc) is 2.70. The smallest absolute Gasteiger partial charge is 0.235 e. The molecule has 3 nitrogen and oxygen atoms in total. The standard InChI is InChI=1S/C18H20N2O/c1-13(12-19)18(21)20-16-8-4-2-6-14(16)10-11-15-7-3-5-9-17(15)20/h2-9,13H,10-12,19H2,1H3. The van der Waals surface area contributed by atoms with Crippen LogP contribution in [0.3, 0.4) is 0 Å². The molecule has 3 rings (SSSR count). The Morgan fingerprint density at radius 1 is 1.05 bits per heavy atom. The number of rotatable bonds is 2. The normalized spacial score (nSPS) is 14.9. The third kappa shape index (κ3) is 2.45. The molecule has 1 unspecified atom stereocenters. The summed E-state index contributed by atoms with van der Waals surface area (Å²) in [4.78, 5) is 14.7. The number of para-hydroxylation sites is 2. The van der Waals surface area contributed by atoms with E-state index in [0.29, 0.717) is 6.54 Å². The van der Waals surface area contributed by atoms with Crippen LogP contribution in [-0.4, -0.2) is 12.5 Å². The molecule has 0 fully saturated rings. The lowest BCUT2D eigenvalue weighted by atomic mass is 10.0. The van der Waals surface area contributed by atoms with E-state index in [4.69, 9.17) is 5.73 Å². The van der Waals surface area contributed by atoms with Crippen LogP contribution in [0.2, 0.25) is 0 Å². The summed E-state index contributed by atoms with van der Waals surface area (Å²) in [5.41, 5.74) is 10.1. The van der Waals surface area contributed by atoms with Gasteiger partial charge in [-0.05, 0) is 36.1 Å². The summed E-state index contributed by atoms with van der Waals surface area (Å²) in [5, 5.41) is 0. The van der Waals surface area contributed by atoms with Crippen molar-refractivity contribution < 1.29 is 4.79 Å². The topological polar surface area (TPSA) is 46.3 Å². The predicted molar refractivity (Wildman–Crippen MR) is 85.7 cm³/mol. The van der Waals surface area contributed by atoms with Gasteiger partial charge in [-0.15, -0.1) is 0 Å². The van der Waals surface area contributed by atoms with Crippen LogP contribution < -0.4 is 10.6 Å². The second-order valence-electron chi connectivity index (χ2n) is 5.57. The van der Waals surface area contributed by atoms with Crippen LogP contribution >= 0.6 is 0 Å². The highest BCUT2D eigenvalue weighted by molar-refractivity contribution is 6.03. The van der Waals surface area contributed by atoms with Gasteiger partial charge < -0.3 is 5.73 Å². The van der Waals surface area contributed by atoms with E-state index in [0.717, 1.165) is 24.2 Å². The van der Waals surface area contributed by atoms with E-state index in [-0.39, 0.29) is 11.8 Å². The Labute approximate surface area is 125 Å². The number of anilines is 2. The van der Waals surface area contributed by atoms with Crippen LogP contribution in [0.1, 0.15) is 18.1 Å². The number of nitrogens with two attached hydrogens (primary N) is 1. The molecule has 0 spiro atoms. The molecule has 2 aromatic rings. The van der Waals surface area contributed by atoms with E-state index in [1.54, 1.807) is 0 Å². The number of carbonyl (C=O) groups is 1. The van der Waals surface area contributed by atoms with Gasteiger partial charge in [0.1, 0.15) is 0 Å². The molecule has 0 aliphatic carbocycles. The van der Waals surface area contributed by atoms with Crippen molar-refractivity contribution in [3.05, 3.63) is 59.7 Å². The first-order chi connectivity index (χ1) is 10.2. The molecule has 1 aliphatic rings. The third-order valence-corrected chi connectivity index (χ3v) is 4.12. The molecule has 1 atom stereocenters. The molecule has 1 aliphatic heterocycles. The first-order valence-corrected chi connectivity index (χ1v) is 7.42. The van der Waals surface area contributed by atoms with Crippen LogP contribution in [0.15, 0.2) is 48.5 Å². The zero-order valence-electron chi connectivity index (χ0n) is 12.3. The Balaban J connectivity index is 2.18. The van der Waals surface area contributed by atoms with Gasteiger partial charge >= 0.3 is 0 Å². The van der Waals surface area contributed by atoms with Gasteiger partial charge in [-0.3, -0.25) is 9.69 Å². The minimum absolute atomic E-state index is 0.0688. The molecule has 3 heteroatoms. The summed E-state index contributed by atoms with van der Waals surface area (Å²) in [6.07, 6.45) is 1.90. The first-order valence-electron chi connectivity index (χ1n) is 7.42. The second-order valence-corrected chi connectivity index (χ2v) is 5.57. The number of carbonyl (C=O) groups excluding carboxylic acids is 1. The minimum Gasteiger partial charge on any atom is -0.330 e. The van der Waals surface area contributed by atoms with Gasteiger partial charge in [0.25, 0.3) is 0 Å². The molecule has 1 heterocycles. The maximum absolute atomic E-state index is 12.9. The lowest BCUT2D eigenvalue weighted by molar-refractivity contribution is -0.120. The fourth-order valence-corrected chi connectivity index (χ4v) is 2.84. The Morgan fingerprint density at radius 3 is 2.00 bits per heavy atom. The SMILES string of the molecule is CC(CN)C(=O)N1c2ccccc2CCc2ccccc21. The molecule has 2 aromatic carbocycles. The van der Waals surface area contributed by atoms with E-state index in [9.17, 15) is 4.79 Å². The molecule has 0 bridgehead atoms. The van der Waals surface area contributed by atoms with Crippen LogP contribution in [0, 0.1) is 5.92 Å². The van der Waals surface area contributed by atoms with Gasteiger partial charge in [0.15, 0.2) is 0 Å². The number of fused-ring (bicyclic) bond motifs is 2. The Kier molecular flexibility index (Phi) is 3.76. The molecule has 0 radical (unpaired) electrons. The molecule has 1 amide bonds. The average molecular weight is 280 g/mol. The number of benzene rings is 2. The van der Waals surface area contributed by atoms with Crippen molar-refractivity contribution in [2.75, 3.05) is 11.4 Å². The highest BCUT2D eigenvalue weighted by Gasteiger charge is 2.27. The molecule has 21 heavy (non-hydrogen) atoms. The van der Waals surface area contributed by atoms with Gasteiger partial charge in [-0.1, -0.05) is 43.3 Å². The summed E-state index contributed by atoms with van der Waals surface area (Å²) >= 11 is 0. The third-order valence-electron chi connectivity index (χ3n) is 4.12. The minimum atomic E-state index is -0.191. The Morgan fingerprint density at radius 2 is 1.52 bits per heavy atom. The quantitative estimate of drug-likeness (QED) is 0.919. The molecular formula is C18H20N2O. The van der Waals surface area contributed by atoms with Gasteiger partial charge in [-0.2, -0.15) is 0 Å². The maximum atomic E-state index is 12.9. The number of nitrogens with zero attached hydrogens (tertiary/aromatic N) is 1.